The van der Waals surface area contributed by atoms with Crippen LogP contribution in [0.4, 0.5) is 10.5 Å². The Morgan fingerprint density at radius 1 is 1.26 bits per heavy atom. The van der Waals surface area contributed by atoms with E-state index < -0.39 is 12.1 Å². The zero-order valence-corrected chi connectivity index (χ0v) is 13.7. The molecule has 0 fully saturated rings. The third kappa shape index (κ3) is 5.19. The molecule has 0 aliphatic rings. The highest BCUT2D eigenvalue weighted by atomic mass is 35.5. The molecule has 3 N–H and O–H groups in total. The highest BCUT2D eigenvalue weighted by Gasteiger charge is 2.16. The molecule has 0 saturated carbocycles. The molecule has 1 unspecified atom stereocenters. The van der Waals surface area contributed by atoms with Crippen molar-refractivity contribution in [1.29, 1.82) is 0 Å². The summed E-state index contributed by atoms with van der Waals surface area (Å²) in [5.74, 6) is 0.287. The number of benzene rings is 1. The van der Waals surface area contributed by atoms with Crippen molar-refractivity contribution in [2.75, 3.05) is 5.32 Å². The number of carbonyl (C=O) groups is 2. The smallest absolute Gasteiger partial charge is 0.319 e. The first-order valence-corrected chi connectivity index (χ1v) is 7.54. The Balaban J connectivity index is 1.84. The van der Waals surface area contributed by atoms with Crippen molar-refractivity contribution in [2.24, 2.45) is 0 Å². The molecule has 1 aromatic heterocycles. The molecule has 0 saturated heterocycles. The molecule has 0 radical (unpaired) electrons. The van der Waals surface area contributed by atoms with E-state index >= 15 is 0 Å². The van der Waals surface area contributed by atoms with E-state index in [2.05, 4.69) is 16.0 Å². The predicted octanol–water partition coefficient (Wildman–Crippen LogP) is 3.41. The molecule has 2 rings (SSSR count). The van der Waals surface area contributed by atoms with Gasteiger partial charge in [-0.15, -0.1) is 0 Å². The molecule has 0 spiro atoms. The summed E-state index contributed by atoms with van der Waals surface area (Å²) < 4.78 is 5.11. The molecule has 1 atom stereocenters. The molecule has 0 aliphatic carbocycles. The zero-order chi connectivity index (χ0) is 16.8. The third-order valence-electron chi connectivity index (χ3n) is 2.93. The highest BCUT2D eigenvalue weighted by Crippen LogP contribution is 2.25. The van der Waals surface area contributed by atoms with Crippen molar-refractivity contribution in [2.45, 2.75) is 19.5 Å². The normalized spacial score (nSPS) is 11.6. The van der Waals surface area contributed by atoms with Crippen molar-refractivity contribution in [3.8, 4) is 0 Å². The number of nitrogens with one attached hydrogen (secondary N) is 3. The monoisotopic (exact) mass is 355 g/mol. The molecule has 6 nitrogen and oxygen atoms in total. The Kier molecular flexibility index (Phi) is 5.90. The summed E-state index contributed by atoms with van der Waals surface area (Å²) in [4.78, 5) is 23.8. The van der Waals surface area contributed by atoms with Crippen LogP contribution in [0.2, 0.25) is 10.0 Å². The lowest BCUT2D eigenvalue weighted by Gasteiger charge is -2.15. The molecule has 23 heavy (non-hydrogen) atoms. The SMILES string of the molecule is CC(NC(=O)Nc1cc(Cl)ccc1Cl)C(=O)NCc1ccco1. The summed E-state index contributed by atoms with van der Waals surface area (Å²) in [6.07, 6.45) is 1.52. The minimum absolute atomic E-state index is 0.250. The van der Waals surface area contributed by atoms with Gasteiger partial charge in [0.1, 0.15) is 11.8 Å². The maximum atomic E-state index is 11.9. The average molecular weight is 356 g/mol. The van der Waals surface area contributed by atoms with E-state index in [0.29, 0.717) is 21.5 Å². The Labute approximate surface area is 143 Å². The highest BCUT2D eigenvalue weighted by molar-refractivity contribution is 6.35. The lowest BCUT2D eigenvalue weighted by molar-refractivity contribution is -0.122. The average Bonchev–Trinajstić information content (AvgIpc) is 3.01. The van der Waals surface area contributed by atoms with Crippen LogP contribution >= 0.6 is 23.2 Å². The van der Waals surface area contributed by atoms with Crippen molar-refractivity contribution < 1.29 is 14.0 Å². The molecule has 3 amide bonds. The van der Waals surface area contributed by atoms with Crippen LogP contribution in [0.3, 0.4) is 0 Å². The number of amides is 3. The molecular weight excluding hydrogens is 341 g/mol. The van der Waals surface area contributed by atoms with Gasteiger partial charge in [-0.05, 0) is 37.3 Å². The van der Waals surface area contributed by atoms with Crippen molar-refractivity contribution >= 4 is 40.8 Å². The maximum absolute atomic E-state index is 11.9. The van der Waals surface area contributed by atoms with Gasteiger partial charge in [-0.3, -0.25) is 4.79 Å². The summed E-state index contributed by atoms with van der Waals surface area (Å²) in [6.45, 7) is 1.82. The van der Waals surface area contributed by atoms with Crippen molar-refractivity contribution in [3.63, 3.8) is 0 Å². The van der Waals surface area contributed by atoms with Crippen LogP contribution in [0.25, 0.3) is 0 Å². The van der Waals surface area contributed by atoms with Crippen LogP contribution in [-0.4, -0.2) is 18.0 Å². The van der Waals surface area contributed by atoms with E-state index in [1.807, 2.05) is 0 Å². The number of carbonyl (C=O) groups excluding carboxylic acids is 2. The quantitative estimate of drug-likeness (QED) is 0.768. The van der Waals surface area contributed by atoms with E-state index in [1.165, 1.54) is 12.3 Å². The van der Waals surface area contributed by atoms with Crippen LogP contribution in [0.15, 0.2) is 41.0 Å². The van der Waals surface area contributed by atoms with Gasteiger partial charge < -0.3 is 20.4 Å². The number of furan rings is 1. The predicted molar refractivity (Wildman–Crippen MR) is 88.6 cm³/mol. The van der Waals surface area contributed by atoms with Gasteiger partial charge in [0.2, 0.25) is 5.91 Å². The number of hydrogen-bond acceptors (Lipinski definition) is 3. The third-order valence-corrected chi connectivity index (χ3v) is 3.50. The summed E-state index contributed by atoms with van der Waals surface area (Å²) in [7, 11) is 0. The van der Waals surface area contributed by atoms with E-state index in [-0.39, 0.29) is 12.5 Å². The van der Waals surface area contributed by atoms with Gasteiger partial charge in [-0.1, -0.05) is 23.2 Å². The molecular formula is C15H15Cl2N3O3. The standard InChI is InChI=1S/C15H15Cl2N3O3/c1-9(14(21)18-8-11-3-2-6-23-11)19-15(22)20-13-7-10(16)4-5-12(13)17/h2-7,9H,8H2,1H3,(H,18,21)(H2,19,20,22). The van der Waals surface area contributed by atoms with E-state index in [9.17, 15) is 9.59 Å². The molecule has 0 bridgehead atoms. The fourth-order valence-electron chi connectivity index (χ4n) is 1.75. The number of hydrogen-bond donors (Lipinski definition) is 3. The van der Waals surface area contributed by atoms with Crippen LogP contribution < -0.4 is 16.0 Å². The maximum Gasteiger partial charge on any atom is 0.319 e. The van der Waals surface area contributed by atoms with Crippen LogP contribution in [0.1, 0.15) is 12.7 Å². The first-order valence-electron chi connectivity index (χ1n) is 6.78. The summed E-state index contributed by atoms with van der Waals surface area (Å²) in [6, 6.07) is 6.87. The van der Waals surface area contributed by atoms with E-state index in [0.717, 1.165) is 0 Å². The number of anilines is 1. The van der Waals surface area contributed by atoms with Gasteiger partial charge in [-0.25, -0.2) is 4.79 Å². The topological polar surface area (TPSA) is 83.4 Å². The number of halogens is 2. The summed E-state index contributed by atoms with van der Waals surface area (Å²) in [5.41, 5.74) is 0.361. The van der Waals surface area contributed by atoms with Gasteiger partial charge in [0.15, 0.2) is 0 Å². The molecule has 1 heterocycles. The van der Waals surface area contributed by atoms with Crippen LogP contribution in [0.5, 0.6) is 0 Å². The summed E-state index contributed by atoms with van der Waals surface area (Å²) in [5, 5.41) is 8.49. The molecule has 1 aromatic carbocycles. The fourth-order valence-corrected chi connectivity index (χ4v) is 2.09. The van der Waals surface area contributed by atoms with Gasteiger partial charge in [0, 0.05) is 5.02 Å². The Morgan fingerprint density at radius 2 is 2.04 bits per heavy atom. The fraction of sp³-hybridized carbons (Fsp3) is 0.200. The van der Waals surface area contributed by atoms with Crippen molar-refractivity contribution in [1.82, 2.24) is 10.6 Å². The lowest BCUT2D eigenvalue weighted by Crippen LogP contribution is -2.46. The largest absolute Gasteiger partial charge is 0.467 e. The van der Waals surface area contributed by atoms with Crippen LogP contribution in [-0.2, 0) is 11.3 Å². The molecule has 0 aliphatic heterocycles. The zero-order valence-electron chi connectivity index (χ0n) is 12.2. The molecule has 122 valence electrons. The van der Waals surface area contributed by atoms with Gasteiger partial charge in [-0.2, -0.15) is 0 Å². The van der Waals surface area contributed by atoms with Gasteiger partial charge in [0.25, 0.3) is 0 Å². The first-order chi connectivity index (χ1) is 11.0. The Morgan fingerprint density at radius 3 is 2.74 bits per heavy atom. The Bertz CT molecular complexity index is 689. The number of rotatable bonds is 5. The number of urea groups is 1. The van der Waals surface area contributed by atoms with E-state index in [1.54, 1.807) is 31.2 Å². The second-order valence-corrected chi connectivity index (χ2v) is 5.59. The minimum atomic E-state index is -0.733. The molecule has 8 heteroatoms. The molecule has 2 aromatic rings. The first kappa shape index (κ1) is 17.2. The van der Waals surface area contributed by atoms with E-state index in [4.69, 9.17) is 27.6 Å². The van der Waals surface area contributed by atoms with Gasteiger partial charge >= 0.3 is 6.03 Å². The van der Waals surface area contributed by atoms with Crippen LogP contribution in [0, 0.1) is 0 Å². The summed E-state index contributed by atoms with van der Waals surface area (Å²) >= 11 is 11.8. The Hall–Kier alpha value is -2.18. The minimum Gasteiger partial charge on any atom is -0.467 e. The van der Waals surface area contributed by atoms with Gasteiger partial charge in [0.05, 0.1) is 23.5 Å². The van der Waals surface area contributed by atoms with Crippen molar-refractivity contribution in [3.05, 3.63) is 52.4 Å². The second kappa shape index (κ2) is 7.89. The second-order valence-electron chi connectivity index (χ2n) is 4.74. The lowest BCUT2D eigenvalue weighted by atomic mass is 10.3.